The van der Waals surface area contributed by atoms with Gasteiger partial charge < -0.3 is 4.42 Å². The lowest BCUT2D eigenvalue weighted by atomic mass is 9.96. The normalized spacial score (nSPS) is 18.0. The van der Waals surface area contributed by atoms with Gasteiger partial charge in [0.15, 0.2) is 0 Å². The summed E-state index contributed by atoms with van der Waals surface area (Å²) in [6, 6.07) is 8.97. The molecule has 0 aliphatic heterocycles. The molecule has 1 aromatic carbocycles. The summed E-state index contributed by atoms with van der Waals surface area (Å²) in [6.07, 6.45) is 9.91. The molecule has 1 aromatic heterocycles. The first kappa shape index (κ1) is 13.6. The van der Waals surface area contributed by atoms with Gasteiger partial charge in [-0.2, -0.15) is 0 Å². The molecule has 0 spiro atoms. The molecule has 1 atom stereocenters. The van der Waals surface area contributed by atoms with E-state index in [0.717, 1.165) is 5.56 Å². The fourth-order valence-corrected chi connectivity index (χ4v) is 3.86. The van der Waals surface area contributed by atoms with Gasteiger partial charge in [0.1, 0.15) is 6.26 Å². The van der Waals surface area contributed by atoms with Gasteiger partial charge in [-0.05, 0) is 37.1 Å². The molecule has 1 fully saturated rings. The van der Waals surface area contributed by atoms with Gasteiger partial charge in [0.25, 0.3) is 0 Å². The molecule has 0 saturated heterocycles. The lowest BCUT2D eigenvalue weighted by molar-refractivity contribution is 0.423. The monoisotopic (exact) mass is 288 g/mol. The van der Waals surface area contributed by atoms with E-state index < -0.39 is 0 Å². The van der Waals surface area contributed by atoms with Crippen molar-refractivity contribution in [2.75, 3.05) is 0 Å². The Kier molecular flexibility index (Phi) is 4.33. The van der Waals surface area contributed by atoms with Crippen LogP contribution in [0.4, 0.5) is 0 Å². The van der Waals surface area contributed by atoms with Crippen LogP contribution in [0.1, 0.15) is 32.1 Å². The van der Waals surface area contributed by atoms with Gasteiger partial charge in [-0.3, -0.25) is 4.72 Å². The molecule has 0 bridgehead atoms. The Hall–Kier alpha value is -1.39. The maximum atomic E-state index is 5.30. The number of oxazole rings is 1. The minimum Gasteiger partial charge on any atom is -0.445 e. The van der Waals surface area contributed by atoms with E-state index in [4.69, 9.17) is 4.42 Å². The van der Waals surface area contributed by atoms with E-state index in [-0.39, 0.29) is 10.7 Å². The van der Waals surface area contributed by atoms with Gasteiger partial charge in [0.05, 0.1) is 6.20 Å². The van der Waals surface area contributed by atoms with Crippen molar-refractivity contribution in [3.05, 3.63) is 36.7 Å². The maximum absolute atomic E-state index is 5.30. The van der Waals surface area contributed by atoms with Crippen molar-refractivity contribution in [1.82, 2.24) is 9.71 Å². The number of aromatic nitrogens is 1. The predicted octanol–water partition coefficient (Wildman–Crippen LogP) is 4.24. The minimum absolute atomic E-state index is 0.137. The first-order chi connectivity index (χ1) is 9.83. The van der Waals surface area contributed by atoms with Crippen LogP contribution in [0.2, 0.25) is 0 Å². The van der Waals surface area contributed by atoms with E-state index >= 15 is 0 Å². The van der Waals surface area contributed by atoms with Crippen LogP contribution >= 0.6 is 10.7 Å². The average Bonchev–Trinajstić information content (AvgIpc) is 3.03. The molecule has 3 rings (SSSR count). The Morgan fingerprint density at radius 2 is 1.90 bits per heavy atom. The molecule has 20 heavy (non-hydrogen) atoms. The number of hydrogen-bond donors (Lipinski definition) is 1. The topological polar surface area (TPSA) is 38.1 Å². The number of rotatable bonds is 4. The van der Waals surface area contributed by atoms with Crippen LogP contribution in [0, 0.1) is 0 Å². The third-order valence-corrected chi connectivity index (χ3v) is 5.19. The summed E-state index contributed by atoms with van der Waals surface area (Å²) in [7, 11) is -0.137. The van der Waals surface area contributed by atoms with Gasteiger partial charge in [-0.25, -0.2) is 4.98 Å². The molecule has 106 valence electrons. The smallest absolute Gasteiger partial charge is 0.225 e. The first-order valence-electron chi connectivity index (χ1n) is 7.13. The maximum Gasteiger partial charge on any atom is 0.225 e. The lowest BCUT2D eigenvalue weighted by Gasteiger charge is -2.24. The summed E-state index contributed by atoms with van der Waals surface area (Å²) >= 11 is 0. The van der Waals surface area contributed by atoms with Gasteiger partial charge in [0, 0.05) is 16.5 Å². The minimum atomic E-state index is -0.137. The molecular formula is C16H20N2OS. The van der Waals surface area contributed by atoms with Crippen LogP contribution < -0.4 is 4.72 Å². The summed E-state index contributed by atoms with van der Waals surface area (Å²) in [5.74, 6) is 4.94. The second-order valence-corrected chi connectivity index (χ2v) is 6.69. The fourth-order valence-electron chi connectivity index (χ4n) is 2.62. The van der Waals surface area contributed by atoms with Crippen molar-refractivity contribution in [1.29, 1.82) is 0 Å². The Labute approximate surface area is 122 Å². The van der Waals surface area contributed by atoms with E-state index in [0.29, 0.717) is 11.9 Å². The van der Waals surface area contributed by atoms with E-state index in [1.807, 2.05) is 0 Å². The van der Waals surface area contributed by atoms with Gasteiger partial charge in [0.2, 0.25) is 5.89 Å². The number of benzene rings is 1. The van der Waals surface area contributed by atoms with Crippen LogP contribution in [0.3, 0.4) is 0 Å². The van der Waals surface area contributed by atoms with Crippen LogP contribution in [0.25, 0.3) is 11.5 Å². The highest BCUT2D eigenvalue weighted by Crippen LogP contribution is 2.28. The van der Waals surface area contributed by atoms with Crippen LogP contribution in [0.15, 0.2) is 46.0 Å². The number of nitrogens with one attached hydrogen (secondary N) is 1. The molecule has 1 unspecified atom stereocenters. The molecule has 0 amide bonds. The Morgan fingerprint density at radius 1 is 1.15 bits per heavy atom. The Balaban J connectivity index is 1.66. The van der Waals surface area contributed by atoms with Crippen molar-refractivity contribution in [3.63, 3.8) is 0 Å². The first-order valence-corrected chi connectivity index (χ1v) is 8.52. The Morgan fingerprint density at radius 3 is 2.55 bits per heavy atom. The van der Waals surface area contributed by atoms with Crippen LogP contribution in [-0.4, -0.2) is 16.9 Å². The lowest BCUT2D eigenvalue weighted by Crippen LogP contribution is -2.26. The summed E-state index contributed by atoms with van der Waals surface area (Å²) in [5, 5.41) is 0. The molecule has 1 aliphatic rings. The molecule has 0 radical (unpaired) electrons. The number of hydrogen-bond acceptors (Lipinski definition) is 3. The van der Waals surface area contributed by atoms with E-state index in [2.05, 4.69) is 39.8 Å². The van der Waals surface area contributed by atoms with E-state index in [1.54, 1.807) is 12.5 Å². The molecule has 2 aromatic rings. The summed E-state index contributed by atoms with van der Waals surface area (Å²) in [5.41, 5.74) is 1.01. The number of nitrogens with zero attached hydrogens (tertiary/aromatic N) is 1. The molecule has 1 heterocycles. The largest absolute Gasteiger partial charge is 0.445 e. The third kappa shape index (κ3) is 3.19. The fraction of sp³-hybridized carbons (Fsp3) is 0.375. The second-order valence-electron chi connectivity index (χ2n) is 5.21. The molecule has 1 aliphatic carbocycles. The summed E-state index contributed by atoms with van der Waals surface area (Å²) < 4.78 is 8.97. The van der Waals surface area contributed by atoms with Gasteiger partial charge >= 0.3 is 0 Å². The molecule has 4 heteroatoms. The molecular weight excluding hydrogens is 268 g/mol. The highest BCUT2D eigenvalue weighted by Gasteiger charge is 2.13. The highest BCUT2D eigenvalue weighted by molar-refractivity contribution is 8.12. The van der Waals surface area contributed by atoms with E-state index in [9.17, 15) is 0 Å². The standard InChI is InChI=1S/C16H20N2OS/c1-20(18-14-5-3-2-4-6-14)15-9-7-13(8-10-15)16-17-11-12-19-16/h7-12,14,18H,1-6H2. The van der Waals surface area contributed by atoms with Crippen molar-refractivity contribution < 1.29 is 4.42 Å². The zero-order valence-electron chi connectivity index (χ0n) is 11.5. The van der Waals surface area contributed by atoms with Gasteiger partial charge in [-0.1, -0.05) is 35.8 Å². The Bertz CT molecular complexity index is 557. The summed E-state index contributed by atoms with van der Waals surface area (Å²) in [6.45, 7) is 0. The zero-order valence-corrected chi connectivity index (χ0v) is 12.4. The molecule has 3 nitrogen and oxygen atoms in total. The average molecular weight is 288 g/mol. The van der Waals surface area contributed by atoms with E-state index in [1.165, 1.54) is 37.0 Å². The highest BCUT2D eigenvalue weighted by atomic mass is 32.2. The second kappa shape index (κ2) is 6.37. The quantitative estimate of drug-likeness (QED) is 0.855. The van der Waals surface area contributed by atoms with Crippen LogP contribution in [-0.2, 0) is 0 Å². The predicted molar refractivity (Wildman–Crippen MR) is 84.9 cm³/mol. The van der Waals surface area contributed by atoms with Crippen LogP contribution in [0.5, 0.6) is 0 Å². The SMILES string of the molecule is C=S(NC1CCCCC1)c1ccc(-c2ncco2)cc1. The van der Waals surface area contributed by atoms with Crippen molar-refractivity contribution in [2.24, 2.45) is 0 Å². The molecule has 1 N–H and O–H groups in total. The molecule has 1 saturated carbocycles. The summed E-state index contributed by atoms with van der Waals surface area (Å²) in [4.78, 5) is 5.40. The van der Waals surface area contributed by atoms with Crippen molar-refractivity contribution in [3.8, 4) is 11.5 Å². The van der Waals surface area contributed by atoms with Crippen molar-refractivity contribution >= 4 is 16.5 Å². The third-order valence-electron chi connectivity index (χ3n) is 3.73. The zero-order chi connectivity index (χ0) is 13.8. The van der Waals surface area contributed by atoms with Crippen molar-refractivity contribution in [2.45, 2.75) is 43.0 Å². The van der Waals surface area contributed by atoms with Gasteiger partial charge in [-0.15, -0.1) is 0 Å².